The van der Waals surface area contributed by atoms with Crippen molar-refractivity contribution < 1.29 is 13.9 Å². The van der Waals surface area contributed by atoms with E-state index in [1.807, 2.05) is 6.92 Å². The van der Waals surface area contributed by atoms with Gasteiger partial charge in [-0.2, -0.15) is 0 Å². The molecule has 1 saturated heterocycles. The molecular weight excluding hydrogens is 259 g/mol. The van der Waals surface area contributed by atoms with Crippen LogP contribution in [0.4, 0.5) is 9.18 Å². The van der Waals surface area contributed by atoms with Crippen LogP contribution in [-0.4, -0.2) is 36.7 Å². The number of carbonyl (C=O) groups is 1. The number of likely N-dealkylation sites (tertiary alicyclic amines) is 1. The maximum absolute atomic E-state index is 13.5. The Morgan fingerprint density at radius 3 is 3.05 bits per heavy atom. The number of ether oxygens (including phenoxy) is 1. The molecular formula is C15H21FN2O2. The summed E-state index contributed by atoms with van der Waals surface area (Å²) in [6.45, 7) is 4.09. The lowest BCUT2D eigenvalue weighted by Gasteiger charge is -2.32. The highest BCUT2D eigenvalue weighted by molar-refractivity contribution is 5.74. The summed E-state index contributed by atoms with van der Waals surface area (Å²) in [6, 6.07) is 6.56. The van der Waals surface area contributed by atoms with Crippen molar-refractivity contribution in [3.8, 4) is 0 Å². The van der Waals surface area contributed by atoms with Gasteiger partial charge in [-0.3, -0.25) is 0 Å². The number of hydrogen-bond acceptors (Lipinski definition) is 2. The summed E-state index contributed by atoms with van der Waals surface area (Å²) in [4.78, 5) is 13.5. The van der Waals surface area contributed by atoms with Crippen molar-refractivity contribution >= 4 is 6.03 Å². The maximum atomic E-state index is 13.5. The summed E-state index contributed by atoms with van der Waals surface area (Å²) < 4.78 is 19.2. The van der Waals surface area contributed by atoms with E-state index in [4.69, 9.17) is 4.74 Å². The van der Waals surface area contributed by atoms with Crippen LogP contribution in [0.25, 0.3) is 0 Å². The lowest BCUT2D eigenvalue weighted by atomic mass is 10.1. The molecule has 1 atom stereocenters. The molecule has 1 fully saturated rings. The zero-order valence-corrected chi connectivity index (χ0v) is 11.8. The number of nitrogens with one attached hydrogen (secondary N) is 1. The molecule has 2 rings (SSSR count). The molecule has 0 radical (unpaired) electrons. The summed E-state index contributed by atoms with van der Waals surface area (Å²) in [5.41, 5.74) is 0.558. The van der Waals surface area contributed by atoms with Crippen LogP contribution in [0, 0.1) is 5.82 Å². The van der Waals surface area contributed by atoms with E-state index in [-0.39, 0.29) is 24.6 Å². The Hall–Kier alpha value is -1.62. The van der Waals surface area contributed by atoms with E-state index >= 15 is 0 Å². The Kier molecular flexibility index (Phi) is 5.35. The van der Waals surface area contributed by atoms with E-state index in [1.54, 1.807) is 23.1 Å². The number of hydrogen-bond donors (Lipinski definition) is 1. The average molecular weight is 280 g/mol. The second-order valence-electron chi connectivity index (χ2n) is 4.95. The minimum atomic E-state index is -0.246. The van der Waals surface area contributed by atoms with Crippen LogP contribution in [0.1, 0.15) is 25.3 Å². The van der Waals surface area contributed by atoms with Crippen LogP contribution >= 0.6 is 0 Å². The maximum Gasteiger partial charge on any atom is 0.317 e. The van der Waals surface area contributed by atoms with E-state index < -0.39 is 0 Å². The summed E-state index contributed by atoms with van der Waals surface area (Å²) in [5.74, 6) is -0.246. The van der Waals surface area contributed by atoms with Gasteiger partial charge in [0.05, 0.1) is 12.7 Å². The van der Waals surface area contributed by atoms with Crippen molar-refractivity contribution in [3.63, 3.8) is 0 Å². The first-order valence-corrected chi connectivity index (χ1v) is 7.08. The molecule has 0 spiro atoms. The number of piperidine rings is 1. The molecule has 0 aliphatic carbocycles. The minimum Gasteiger partial charge on any atom is -0.372 e. The molecule has 0 bridgehead atoms. The zero-order chi connectivity index (χ0) is 14.4. The number of amides is 2. The monoisotopic (exact) mass is 280 g/mol. The third kappa shape index (κ3) is 3.93. The van der Waals surface area contributed by atoms with Crippen molar-refractivity contribution in [3.05, 3.63) is 35.6 Å². The van der Waals surface area contributed by atoms with Gasteiger partial charge in [0.15, 0.2) is 0 Å². The summed E-state index contributed by atoms with van der Waals surface area (Å²) in [5, 5.41) is 2.79. The third-order valence-corrected chi connectivity index (χ3v) is 3.43. The quantitative estimate of drug-likeness (QED) is 0.921. The van der Waals surface area contributed by atoms with Crippen LogP contribution in [0.15, 0.2) is 24.3 Å². The Morgan fingerprint density at radius 2 is 2.30 bits per heavy atom. The molecule has 1 aliphatic heterocycles. The Morgan fingerprint density at radius 1 is 1.50 bits per heavy atom. The molecule has 110 valence electrons. The minimum absolute atomic E-state index is 0.0223. The van der Waals surface area contributed by atoms with E-state index in [0.29, 0.717) is 18.7 Å². The molecule has 20 heavy (non-hydrogen) atoms. The molecule has 0 saturated carbocycles. The molecule has 1 heterocycles. The second kappa shape index (κ2) is 7.24. The fourth-order valence-electron chi connectivity index (χ4n) is 2.34. The van der Waals surface area contributed by atoms with Gasteiger partial charge in [0.25, 0.3) is 0 Å². The van der Waals surface area contributed by atoms with Crippen LogP contribution in [0.5, 0.6) is 0 Å². The van der Waals surface area contributed by atoms with Gasteiger partial charge in [-0.15, -0.1) is 0 Å². The first kappa shape index (κ1) is 14.8. The van der Waals surface area contributed by atoms with Crippen LogP contribution in [0.2, 0.25) is 0 Å². The molecule has 5 heteroatoms. The summed E-state index contributed by atoms with van der Waals surface area (Å²) in [6.07, 6.45) is 1.80. The average Bonchev–Trinajstić information content (AvgIpc) is 2.47. The van der Waals surface area contributed by atoms with Gasteiger partial charge >= 0.3 is 6.03 Å². The standard InChI is InChI=1S/C15H21FN2O2/c1-2-17-15(19)18-9-5-7-13(10-18)20-11-12-6-3-4-8-14(12)16/h3-4,6,8,13H,2,5,7,9-11H2,1H3,(H,17,19). The molecule has 1 aromatic carbocycles. The summed E-state index contributed by atoms with van der Waals surface area (Å²) >= 11 is 0. The molecule has 2 amide bonds. The molecule has 1 N–H and O–H groups in total. The molecule has 0 aromatic heterocycles. The van der Waals surface area contributed by atoms with Crippen LogP contribution < -0.4 is 5.32 Å². The number of carbonyl (C=O) groups excluding carboxylic acids is 1. The van der Waals surface area contributed by atoms with E-state index in [9.17, 15) is 9.18 Å². The van der Waals surface area contributed by atoms with Gasteiger partial charge < -0.3 is 15.0 Å². The number of urea groups is 1. The molecule has 4 nitrogen and oxygen atoms in total. The first-order valence-electron chi connectivity index (χ1n) is 7.08. The SMILES string of the molecule is CCNC(=O)N1CCCC(OCc2ccccc2F)C1. The molecule has 1 aliphatic rings. The van der Waals surface area contributed by atoms with Gasteiger partial charge in [0, 0.05) is 25.2 Å². The zero-order valence-electron chi connectivity index (χ0n) is 11.8. The molecule has 1 aromatic rings. The summed E-state index contributed by atoms with van der Waals surface area (Å²) in [7, 11) is 0. The number of nitrogens with zero attached hydrogens (tertiary/aromatic N) is 1. The van der Waals surface area contributed by atoms with Gasteiger partial charge in [-0.1, -0.05) is 18.2 Å². The predicted octanol–water partition coefficient (Wildman–Crippen LogP) is 2.54. The Bertz CT molecular complexity index is 453. The largest absolute Gasteiger partial charge is 0.372 e. The van der Waals surface area contributed by atoms with Gasteiger partial charge in [-0.05, 0) is 25.8 Å². The lowest BCUT2D eigenvalue weighted by Crippen LogP contribution is -2.47. The van der Waals surface area contributed by atoms with Crippen molar-refractivity contribution in [1.29, 1.82) is 0 Å². The van der Waals surface area contributed by atoms with E-state index in [1.165, 1.54) is 6.07 Å². The van der Waals surface area contributed by atoms with Crippen molar-refractivity contribution in [2.45, 2.75) is 32.5 Å². The topological polar surface area (TPSA) is 41.6 Å². The third-order valence-electron chi connectivity index (χ3n) is 3.43. The van der Waals surface area contributed by atoms with Crippen LogP contribution in [-0.2, 0) is 11.3 Å². The van der Waals surface area contributed by atoms with Gasteiger partial charge in [0.1, 0.15) is 5.82 Å². The fraction of sp³-hybridized carbons (Fsp3) is 0.533. The smallest absolute Gasteiger partial charge is 0.317 e. The van der Waals surface area contributed by atoms with Crippen molar-refractivity contribution in [2.75, 3.05) is 19.6 Å². The van der Waals surface area contributed by atoms with Gasteiger partial charge in [0.2, 0.25) is 0 Å². The number of benzene rings is 1. The normalized spacial score (nSPS) is 18.9. The predicted molar refractivity (Wildman–Crippen MR) is 74.9 cm³/mol. The Balaban J connectivity index is 1.84. The van der Waals surface area contributed by atoms with E-state index in [2.05, 4.69) is 5.32 Å². The van der Waals surface area contributed by atoms with Gasteiger partial charge in [-0.25, -0.2) is 9.18 Å². The van der Waals surface area contributed by atoms with E-state index in [0.717, 1.165) is 19.4 Å². The second-order valence-corrected chi connectivity index (χ2v) is 4.95. The lowest BCUT2D eigenvalue weighted by molar-refractivity contribution is -0.00132. The first-order chi connectivity index (χ1) is 9.70. The highest BCUT2D eigenvalue weighted by Gasteiger charge is 2.23. The number of rotatable bonds is 4. The number of halogens is 1. The molecule has 1 unspecified atom stereocenters. The highest BCUT2D eigenvalue weighted by atomic mass is 19.1. The highest BCUT2D eigenvalue weighted by Crippen LogP contribution is 2.16. The van der Waals surface area contributed by atoms with Crippen LogP contribution in [0.3, 0.4) is 0 Å². The van der Waals surface area contributed by atoms with Crippen molar-refractivity contribution in [2.24, 2.45) is 0 Å². The van der Waals surface area contributed by atoms with Crippen molar-refractivity contribution in [1.82, 2.24) is 10.2 Å². The Labute approximate surface area is 118 Å². The fourth-order valence-corrected chi connectivity index (χ4v) is 2.34.